The van der Waals surface area contributed by atoms with E-state index in [-0.39, 0.29) is 0 Å². The zero-order valence-electron chi connectivity index (χ0n) is 13.7. The summed E-state index contributed by atoms with van der Waals surface area (Å²) in [5, 5.41) is 0. The van der Waals surface area contributed by atoms with E-state index in [1.807, 2.05) is 5.51 Å². The molecule has 23 heavy (non-hydrogen) atoms. The van der Waals surface area contributed by atoms with Gasteiger partial charge in [-0.25, -0.2) is 4.98 Å². The highest BCUT2D eigenvalue weighted by atomic mass is 32.1. The Labute approximate surface area is 141 Å². The van der Waals surface area contributed by atoms with E-state index in [1.54, 1.807) is 11.3 Å². The van der Waals surface area contributed by atoms with Gasteiger partial charge in [-0.05, 0) is 55.5 Å². The van der Waals surface area contributed by atoms with Gasteiger partial charge in [0.15, 0.2) is 0 Å². The van der Waals surface area contributed by atoms with Crippen molar-refractivity contribution in [3.05, 3.63) is 64.2 Å². The average Bonchev–Trinajstić information content (AvgIpc) is 2.93. The van der Waals surface area contributed by atoms with Crippen LogP contribution in [-0.4, -0.2) is 23.0 Å². The van der Waals surface area contributed by atoms with Gasteiger partial charge in [-0.2, -0.15) is 0 Å². The minimum absolute atomic E-state index is 0.441. The minimum Gasteiger partial charge on any atom is -0.296 e. The van der Waals surface area contributed by atoms with Crippen molar-refractivity contribution in [2.45, 2.75) is 32.7 Å². The third-order valence-corrected chi connectivity index (χ3v) is 5.89. The van der Waals surface area contributed by atoms with Gasteiger partial charge < -0.3 is 0 Å². The summed E-state index contributed by atoms with van der Waals surface area (Å²) >= 11 is 1.71. The van der Waals surface area contributed by atoms with E-state index in [0.29, 0.717) is 6.04 Å². The second-order valence-corrected chi connectivity index (χ2v) is 7.45. The first-order valence-electron chi connectivity index (χ1n) is 8.36. The fourth-order valence-electron chi connectivity index (χ4n) is 3.60. The van der Waals surface area contributed by atoms with Crippen molar-refractivity contribution < 1.29 is 0 Å². The highest BCUT2D eigenvalue weighted by Crippen LogP contribution is 2.28. The molecule has 1 aromatic heterocycles. The summed E-state index contributed by atoms with van der Waals surface area (Å²) in [6.07, 6.45) is 2.30. The Hall–Kier alpha value is -1.71. The molecule has 3 aromatic rings. The molecule has 4 rings (SSSR count). The lowest BCUT2D eigenvalue weighted by atomic mass is 10.0. The van der Waals surface area contributed by atoms with Crippen molar-refractivity contribution in [1.82, 2.24) is 9.88 Å². The molecule has 0 bridgehead atoms. The van der Waals surface area contributed by atoms with Crippen molar-refractivity contribution in [2.75, 3.05) is 13.1 Å². The largest absolute Gasteiger partial charge is 0.296 e. The molecular weight excluding hydrogens is 300 g/mol. The summed E-state index contributed by atoms with van der Waals surface area (Å²) in [6, 6.07) is 14.1. The maximum atomic E-state index is 4.47. The predicted molar refractivity (Wildman–Crippen MR) is 98.2 cm³/mol. The van der Waals surface area contributed by atoms with Gasteiger partial charge in [0, 0.05) is 19.1 Å². The van der Waals surface area contributed by atoms with Crippen LogP contribution >= 0.6 is 11.3 Å². The second kappa shape index (κ2) is 6.06. The maximum absolute atomic E-state index is 4.47. The third kappa shape index (κ3) is 2.91. The lowest BCUT2D eigenvalue weighted by molar-refractivity contribution is 0.221. The van der Waals surface area contributed by atoms with Gasteiger partial charge in [0.25, 0.3) is 0 Å². The highest BCUT2D eigenvalue weighted by molar-refractivity contribution is 7.16. The fourth-order valence-corrected chi connectivity index (χ4v) is 4.26. The first-order valence-corrected chi connectivity index (χ1v) is 9.24. The zero-order valence-corrected chi connectivity index (χ0v) is 14.6. The number of nitrogens with zero attached hydrogens (tertiary/aromatic N) is 2. The van der Waals surface area contributed by atoms with Gasteiger partial charge >= 0.3 is 0 Å². The number of hydrogen-bond donors (Lipinski definition) is 0. The number of rotatable bonds is 2. The van der Waals surface area contributed by atoms with E-state index in [2.05, 4.69) is 60.1 Å². The SMILES string of the molecule is Cc1ccc2c(c1)CCN(C(C)c1ccc3scnc3c1)CC2. The van der Waals surface area contributed by atoms with Gasteiger partial charge in [0.05, 0.1) is 15.7 Å². The standard InChI is InChI=1S/C20H22N2S/c1-14-3-4-16-7-9-22(10-8-18(16)11-14)15(2)17-5-6-20-19(12-17)21-13-23-20/h3-6,11-13,15H,7-10H2,1-2H3. The number of aryl methyl sites for hydroxylation is 1. The summed E-state index contributed by atoms with van der Waals surface area (Å²) in [5.41, 5.74) is 8.89. The molecule has 0 amide bonds. The van der Waals surface area contributed by atoms with Crippen LogP contribution in [0.1, 0.15) is 35.2 Å². The second-order valence-electron chi connectivity index (χ2n) is 6.56. The molecule has 1 aliphatic heterocycles. The van der Waals surface area contributed by atoms with Crippen molar-refractivity contribution >= 4 is 21.6 Å². The van der Waals surface area contributed by atoms with Crippen molar-refractivity contribution in [3.8, 4) is 0 Å². The lowest BCUT2D eigenvalue weighted by Gasteiger charge is -2.28. The molecule has 3 heteroatoms. The first kappa shape index (κ1) is 14.9. The molecule has 0 saturated carbocycles. The van der Waals surface area contributed by atoms with Crippen molar-refractivity contribution in [3.63, 3.8) is 0 Å². The molecular formula is C20H22N2S. The van der Waals surface area contributed by atoms with E-state index < -0.39 is 0 Å². The Balaban J connectivity index is 1.56. The zero-order chi connectivity index (χ0) is 15.8. The monoisotopic (exact) mass is 322 g/mol. The molecule has 1 unspecified atom stereocenters. The molecule has 0 radical (unpaired) electrons. The Morgan fingerprint density at radius 3 is 2.74 bits per heavy atom. The van der Waals surface area contributed by atoms with Gasteiger partial charge in [0.1, 0.15) is 0 Å². The Bertz CT molecular complexity index is 837. The minimum atomic E-state index is 0.441. The van der Waals surface area contributed by atoms with Crippen LogP contribution in [0.3, 0.4) is 0 Å². The van der Waals surface area contributed by atoms with Crippen LogP contribution in [0.5, 0.6) is 0 Å². The molecule has 118 valence electrons. The predicted octanol–water partition coefficient (Wildman–Crippen LogP) is 4.77. The molecule has 0 saturated heterocycles. The Kier molecular flexibility index (Phi) is 3.92. The Morgan fingerprint density at radius 2 is 1.87 bits per heavy atom. The molecule has 0 spiro atoms. The van der Waals surface area contributed by atoms with E-state index in [9.17, 15) is 0 Å². The topological polar surface area (TPSA) is 16.1 Å². The number of thiazole rings is 1. The molecule has 2 aromatic carbocycles. The fraction of sp³-hybridized carbons (Fsp3) is 0.350. The number of benzene rings is 2. The van der Waals surface area contributed by atoms with Crippen LogP contribution in [0.2, 0.25) is 0 Å². The van der Waals surface area contributed by atoms with E-state index in [0.717, 1.165) is 31.4 Å². The van der Waals surface area contributed by atoms with Crippen molar-refractivity contribution in [2.24, 2.45) is 0 Å². The summed E-state index contributed by atoms with van der Waals surface area (Å²) in [7, 11) is 0. The first-order chi connectivity index (χ1) is 11.2. The van der Waals surface area contributed by atoms with Crippen LogP contribution in [0.4, 0.5) is 0 Å². The van der Waals surface area contributed by atoms with Crippen LogP contribution in [0.15, 0.2) is 41.9 Å². The average molecular weight is 322 g/mol. The molecule has 0 fully saturated rings. The quantitative estimate of drug-likeness (QED) is 0.676. The smallest absolute Gasteiger partial charge is 0.0815 e. The van der Waals surface area contributed by atoms with E-state index >= 15 is 0 Å². The molecule has 0 N–H and O–H groups in total. The maximum Gasteiger partial charge on any atom is 0.0815 e. The molecule has 1 aliphatic rings. The van der Waals surface area contributed by atoms with Crippen molar-refractivity contribution in [1.29, 1.82) is 0 Å². The highest BCUT2D eigenvalue weighted by Gasteiger charge is 2.20. The lowest BCUT2D eigenvalue weighted by Crippen LogP contribution is -2.29. The normalized spacial score (nSPS) is 17.0. The van der Waals surface area contributed by atoms with Crippen LogP contribution < -0.4 is 0 Å². The molecule has 1 atom stereocenters. The number of hydrogen-bond acceptors (Lipinski definition) is 3. The van der Waals surface area contributed by atoms with Crippen LogP contribution in [0, 0.1) is 6.92 Å². The molecule has 2 nitrogen and oxygen atoms in total. The van der Waals surface area contributed by atoms with Gasteiger partial charge in [-0.3, -0.25) is 4.90 Å². The van der Waals surface area contributed by atoms with Crippen LogP contribution in [-0.2, 0) is 12.8 Å². The molecule has 2 heterocycles. The van der Waals surface area contributed by atoms with Gasteiger partial charge in [-0.1, -0.05) is 29.8 Å². The van der Waals surface area contributed by atoms with E-state index in [1.165, 1.54) is 27.0 Å². The van der Waals surface area contributed by atoms with Crippen LogP contribution in [0.25, 0.3) is 10.2 Å². The number of aromatic nitrogens is 1. The number of fused-ring (bicyclic) bond motifs is 2. The summed E-state index contributed by atoms with van der Waals surface area (Å²) in [4.78, 5) is 7.08. The Morgan fingerprint density at radius 1 is 1.04 bits per heavy atom. The van der Waals surface area contributed by atoms with Gasteiger partial charge in [0.2, 0.25) is 0 Å². The summed E-state index contributed by atoms with van der Waals surface area (Å²) in [5.74, 6) is 0. The molecule has 0 aliphatic carbocycles. The summed E-state index contributed by atoms with van der Waals surface area (Å²) in [6.45, 7) is 6.78. The third-order valence-electron chi connectivity index (χ3n) is 5.08. The van der Waals surface area contributed by atoms with Gasteiger partial charge in [-0.15, -0.1) is 11.3 Å². The summed E-state index contributed by atoms with van der Waals surface area (Å²) < 4.78 is 1.28. The van der Waals surface area contributed by atoms with E-state index in [4.69, 9.17) is 0 Å².